The molecule has 3 aromatic rings. The van der Waals surface area contributed by atoms with Crippen LogP contribution in [0.3, 0.4) is 0 Å². The van der Waals surface area contributed by atoms with Crippen LogP contribution in [0.15, 0.2) is 83.8 Å². The summed E-state index contributed by atoms with van der Waals surface area (Å²) in [6.45, 7) is 4.65. The van der Waals surface area contributed by atoms with Crippen molar-refractivity contribution in [2.24, 2.45) is 11.3 Å². The molecule has 0 bridgehead atoms. The number of likely N-dealkylation sites (tertiary alicyclic amines) is 1. The van der Waals surface area contributed by atoms with Gasteiger partial charge in [0.15, 0.2) is 0 Å². The minimum atomic E-state index is 0.0597. The first-order chi connectivity index (χ1) is 18.6. The fourth-order valence-electron chi connectivity index (χ4n) is 7.09. The first kappa shape index (κ1) is 24.9. The summed E-state index contributed by atoms with van der Waals surface area (Å²) in [6, 6.07) is 24.5. The third-order valence-electron chi connectivity index (χ3n) is 9.18. The van der Waals surface area contributed by atoms with Gasteiger partial charge in [0.25, 0.3) is 5.56 Å². The maximum absolute atomic E-state index is 13.9. The summed E-state index contributed by atoms with van der Waals surface area (Å²) < 4.78 is 1.90. The van der Waals surface area contributed by atoms with Crippen molar-refractivity contribution in [3.05, 3.63) is 94.9 Å². The molecule has 6 heteroatoms. The molecule has 38 heavy (non-hydrogen) atoms. The van der Waals surface area contributed by atoms with Crippen molar-refractivity contribution in [1.29, 1.82) is 0 Å². The number of pyridine rings is 1. The first-order valence-corrected chi connectivity index (χ1v) is 14.2. The Morgan fingerprint density at radius 3 is 2.39 bits per heavy atom. The summed E-state index contributed by atoms with van der Waals surface area (Å²) in [5, 5.41) is 3.48. The number of aromatic nitrogens is 1. The predicted octanol–water partition coefficient (Wildman–Crippen LogP) is 5.16. The zero-order chi connectivity index (χ0) is 26.0. The second kappa shape index (κ2) is 10.8. The molecule has 3 heterocycles. The lowest BCUT2D eigenvalue weighted by atomic mass is 9.69. The summed E-state index contributed by atoms with van der Waals surface area (Å²) in [5.74, 6) is 0.405. The largest absolute Gasteiger partial charge is 0.324 e. The van der Waals surface area contributed by atoms with Gasteiger partial charge in [-0.3, -0.25) is 4.79 Å². The third kappa shape index (κ3) is 4.90. The molecule has 3 fully saturated rings. The van der Waals surface area contributed by atoms with E-state index in [0.717, 1.165) is 69.7 Å². The Bertz CT molecular complexity index is 1300. The van der Waals surface area contributed by atoms with Crippen LogP contribution in [0, 0.1) is 11.3 Å². The molecule has 1 aliphatic carbocycles. The van der Waals surface area contributed by atoms with Crippen molar-refractivity contribution in [2.45, 2.75) is 44.7 Å². The third-order valence-corrected chi connectivity index (χ3v) is 9.18. The number of piperazine rings is 1. The van der Waals surface area contributed by atoms with Gasteiger partial charge in [-0.05, 0) is 53.4 Å². The first-order valence-electron chi connectivity index (χ1n) is 14.2. The normalized spacial score (nSPS) is 23.1. The van der Waals surface area contributed by atoms with Crippen molar-refractivity contribution in [3.63, 3.8) is 0 Å². The van der Waals surface area contributed by atoms with E-state index in [1.807, 2.05) is 47.2 Å². The van der Waals surface area contributed by atoms with Crippen molar-refractivity contribution < 1.29 is 4.79 Å². The topological polar surface area (TPSA) is 57.6 Å². The molecule has 3 aliphatic rings. The lowest BCUT2D eigenvalue weighted by molar-refractivity contribution is 0.0235. The van der Waals surface area contributed by atoms with Crippen LogP contribution >= 0.6 is 0 Å². The molecule has 1 unspecified atom stereocenters. The number of piperidine rings is 1. The number of carbonyl (C=O) groups excluding carboxylic acids is 1. The molecule has 1 spiro atoms. The molecule has 0 radical (unpaired) electrons. The molecule has 2 atom stereocenters. The highest BCUT2D eigenvalue weighted by Crippen LogP contribution is 2.49. The van der Waals surface area contributed by atoms with Gasteiger partial charge in [0.1, 0.15) is 0 Å². The molecule has 1 N–H and O–H groups in total. The molecule has 2 aromatic carbocycles. The van der Waals surface area contributed by atoms with Gasteiger partial charge in [0.2, 0.25) is 0 Å². The smallest absolute Gasteiger partial charge is 0.320 e. The van der Waals surface area contributed by atoms with E-state index in [9.17, 15) is 9.59 Å². The number of rotatable bonds is 4. The molecular formula is C32H38N4O2. The standard InChI is InChI=1S/C32H38N4O2/c37-30-21-27(25-9-3-1-4-10-25)13-18-34(30)23-28-14-19-35(24-32(28)15-7-8-16-32)31(38)36-20-17-33-22-29(36)26-11-5-2-6-12-26/h1-6,9-13,18,21,28-29,33H,7-8,14-17,19-20,22-24H2/t28?,29-/m0/s1. The van der Waals surface area contributed by atoms with Crippen LogP contribution in [0.4, 0.5) is 4.79 Å². The highest BCUT2D eigenvalue weighted by atomic mass is 16.2. The van der Waals surface area contributed by atoms with E-state index in [-0.39, 0.29) is 23.0 Å². The minimum absolute atomic E-state index is 0.0597. The zero-order valence-corrected chi connectivity index (χ0v) is 22.1. The van der Waals surface area contributed by atoms with Gasteiger partial charge in [-0.15, -0.1) is 0 Å². The Kier molecular flexibility index (Phi) is 7.07. The average molecular weight is 511 g/mol. The number of benzene rings is 2. The van der Waals surface area contributed by atoms with Gasteiger partial charge in [0, 0.05) is 51.5 Å². The number of hydrogen-bond acceptors (Lipinski definition) is 3. The van der Waals surface area contributed by atoms with Gasteiger partial charge in [-0.2, -0.15) is 0 Å². The maximum Gasteiger partial charge on any atom is 0.320 e. The maximum atomic E-state index is 13.9. The summed E-state index contributed by atoms with van der Waals surface area (Å²) in [5.41, 5.74) is 3.38. The molecule has 1 aromatic heterocycles. The van der Waals surface area contributed by atoms with Gasteiger partial charge >= 0.3 is 6.03 Å². The monoisotopic (exact) mass is 510 g/mol. The van der Waals surface area contributed by atoms with Gasteiger partial charge < -0.3 is 19.7 Å². The van der Waals surface area contributed by atoms with Crippen LogP contribution in [0.25, 0.3) is 11.1 Å². The van der Waals surface area contributed by atoms with Crippen LogP contribution in [0.1, 0.15) is 43.7 Å². The van der Waals surface area contributed by atoms with E-state index in [4.69, 9.17) is 0 Å². The quantitative estimate of drug-likeness (QED) is 0.527. The lowest BCUT2D eigenvalue weighted by Gasteiger charge is -2.49. The van der Waals surface area contributed by atoms with Crippen molar-refractivity contribution in [1.82, 2.24) is 19.7 Å². The van der Waals surface area contributed by atoms with E-state index >= 15 is 0 Å². The molecule has 1 saturated carbocycles. The number of carbonyl (C=O) groups is 1. The van der Waals surface area contributed by atoms with Gasteiger partial charge in [-0.25, -0.2) is 4.79 Å². The number of nitrogens with one attached hydrogen (secondary N) is 1. The van der Waals surface area contributed by atoms with Crippen molar-refractivity contribution in [2.75, 3.05) is 32.7 Å². The summed E-state index contributed by atoms with van der Waals surface area (Å²) in [4.78, 5) is 31.3. The molecule has 6 rings (SSSR count). The lowest BCUT2D eigenvalue weighted by Crippen LogP contribution is -2.58. The van der Waals surface area contributed by atoms with Crippen LogP contribution in [0.2, 0.25) is 0 Å². The highest BCUT2D eigenvalue weighted by molar-refractivity contribution is 5.75. The van der Waals surface area contributed by atoms with E-state index < -0.39 is 0 Å². The van der Waals surface area contributed by atoms with Gasteiger partial charge in [0.05, 0.1) is 6.04 Å². The van der Waals surface area contributed by atoms with Gasteiger partial charge in [-0.1, -0.05) is 73.5 Å². The second-order valence-corrected chi connectivity index (χ2v) is 11.4. The molecular weight excluding hydrogens is 472 g/mol. The molecule has 6 nitrogen and oxygen atoms in total. The van der Waals surface area contributed by atoms with Crippen molar-refractivity contribution >= 4 is 6.03 Å². The predicted molar refractivity (Wildman–Crippen MR) is 151 cm³/mol. The Balaban J connectivity index is 1.19. The second-order valence-electron chi connectivity index (χ2n) is 11.4. The van der Waals surface area contributed by atoms with E-state index in [1.54, 1.807) is 6.07 Å². The summed E-state index contributed by atoms with van der Waals surface area (Å²) >= 11 is 0. The fraction of sp³-hybridized carbons (Fsp3) is 0.438. The SMILES string of the molecule is O=C(N1CCC(Cn2ccc(-c3ccccc3)cc2=O)C2(CCCC2)C1)N1CCNC[C@H]1c1ccccc1. The molecule has 198 valence electrons. The summed E-state index contributed by atoms with van der Waals surface area (Å²) in [7, 11) is 0. The van der Waals surface area contributed by atoms with Crippen LogP contribution in [-0.4, -0.2) is 53.1 Å². The fourth-order valence-corrected chi connectivity index (χ4v) is 7.09. The zero-order valence-electron chi connectivity index (χ0n) is 22.1. The average Bonchev–Trinajstić information content (AvgIpc) is 3.44. The molecule has 2 aliphatic heterocycles. The van der Waals surface area contributed by atoms with Crippen LogP contribution in [0.5, 0.6) is 0 Å². The van der Waals surface area contributed by atoms with Crippen molar-refractivity contribution in [3.8, 4) is 11.1 Å². The number of urea groups is 1. The minimum Gasteiger partial charge on any atom is -0.324 e. The molecule has 2 saturated heterocycles. The summed E-state index contributed by atoms with van der Waals surface area (Å²) in [6.07, 6.45) is 7.61. The van der Waals surface area contributed by atoms with Crippen LogP contribution in [-0.2, 0) is 6.54 Å². The number of amides is 2. The Morgan fingerprint density at radius 2 is 1.66 bits per heavy atom. The Labute approximate surface area is 225 Å². The highest BCUT2D eigenvalue weighted by Gasteiger charge is 2.47. The Hall–Kier alpha value is -3.38. The van der Waals surface area contributed by atoms with E-state index in [1.165, 1.54) is 18.4 Å². The van der Waals surface area contributed by atoms with Crippen LogP contribution < -0.4 is 10.9 Å². The Morgan fingerprint density at radius 1 is 0.921 bits per heavy atom. The van der Waals surface area contributed by atoms with E-state index in [0.29, 0.717) is 5.92 Å². The van der Waals surface area contributed by atoms with E-state index in [2.05, 4.69) is 45.4 Å². The number of hydrogen-bond donors (Lipinski definition) is 1. The molecule has 2 amide bonds. The number of nitrogens with zero attached hydrogens (tertiary/aromatic N) is 3.